The van der Waals surface area contributed by atoms with Crippen LogP contribution in [0.4, 0.5) is 0 Å². The lowest BCUT2D eigenvalue weighted by Gasteiger charge is -2.27. The Hall–Kier alpha value is -1.36. The number of amides is 1. The average Bonchev–Trinajstić information content (AvgIpc) is 2.58. The van der Waals surface area contributed by atoms with Crippen LogP contribution in [0.5, 0.6) is 0 Å². The fourth-order valence-corrected chi connectivity index (χ4v) is 2.18. The lowest BCUT2D eigenvalue weighted by Crippen LogP contribution is -2.48. The van der Waals surface area contributed by atoms with Crippen molar-refractivity contribution in [3.63, 3.8) is 0 Å². The van der Waals surface area contributed by atoms with Crippen LogP contribution in [0.3, 0.4) is 0 Å². The van der Waals surface area contributed by atoms with E-state index < -0.39 is 17.4 Å². The molecule has 1 heterocycles. The average molecular weight is 255 g/mol. The molecule has 0 saturated carbocycles. The van der Waals surface area contributed by atoms with Gasteiger partial charge in [0.05, 0.1) is 4.88 Å². The number of carbonyl (C=O) groups is 2. The van der Waals surface area contributed by atoms with Crippen LogP contribution in [0.2, 0.25) is 0 Å². The van der Waals surface area contributed by atoms with Gasteiger partial charge in [0.25, 0.3) is 5.91 Å². The standard InChI is InChI=1S/C12H17NO3S/c1-7-5-6-8(17-7)10(14)13-9(11(15)16)12(2,3)4/h5-6,9H,1-4H3,(H,13,14)(H,15,16). The molecule has 1 aromatic heterocycles. The highest BCUT2D eigenvalue weighted by Crippen LogP contribution is 2.21. The highest BCUT2D eigenvalue weighted by Gasteiger charge is 2.32. The van der Waals surface area contributed by atoms with E-state index in [-0.39, 0.29) is 5.91 Å². The molecule has 1 rings (SSSR count). The lowest BCUT2D eigenvalue weighted by molar-refractivity contribution is -0.142. The topological polar surface area (TPSA) is 66.4 Å². The zero-order valence-corrected chi connectivity index (χ0v) is 11.2. The number of hydrogen-bond acceptors (Lipinski definition) is 3. The van der Waals surface area contributed by atoms with Gasteiger partial charge >= 0.3 is 5.97 Å². The molecule has 4 nitrogen and oxygen atoms in total. The van der Waals surface area contributed by atoms with Crippen LogP contribution >= 0.6 is 11.3 Å². The number of rotatable bonds is 3. The van der Waals surface area contributed by atoms with Crippen molar-refractivity contribution in [1.82, 2.24) is 5.32 Å². The minimum atomic E-state index is -1.01. The van der Waals surface area contributed by atoms with Crippen LogP contribution < -0.4 is 5.32 Å². The van der Waals surface area contributed by atoms with Crippen LogP contribution in [-0.2, 0) is 4.79 Å². The Bertz CT molecular complexity index is 431. The maximum absolute atomic E-state index is 11.9. The number of thiophene rings is 1. The number of carboxylic acids is 1. The molecule has 94 valence electrons. The summed E-state index contributed by atoms with van der Waals surface area (Å²) in [5, 5.41) is 11.7. The van der Waals surface area contributed by atoms with E-state index in [1.807, 2.05) is 13.0 Å². The Morgan fingerprint density at radius 1 is 1.35 bits per heavy atom. The van der Waals surface area contributed by atoms with E-state index in [1.54, 1.807) is 26.8 Å². The molecule has 1 atom stereocenters. The van der Waals surface area contributed by atoms with Gasteiger partial charge in [-0.25, -0.2) is 4.79 Å². The first-order valence-electron chi connectivity index (χ1n) is 5.32. The first-order chi connectivity index (χ1) is 7.71. The van der Waals surface area contributed by atoms with Gasteiger partial charge in [0.2, 0.25) is 0 Å². The Kier molecular flexibility index (Phi) is 3.93. The molecule has 0 fully saturated rings. The minimum absolute atomic E-state index is 0.328. The Balaban J connectivity index is 2.82. The highest BCUT2D eigenvalue weighted by molar-refractivity contribution is 7.13. The molecule has 5 heteroatoms. The van der Waals surface area contributed by atoms with Gasteiger partial charge < -0.3 is 10.4 Å². The number of hydrogen-bond donors (Lipinski definition) is 2. The van der Waals surface area contributed by atoms with Crippen molar-refractivity contribution in [3.05, 3.63) is 21.9 Å². The van der Waals surface area contributed by atoms with E-state index >= 15 is 0 Å². The normalized spacial score (nSPS) is 13.2. The zero-order chi connectivity index (χ0) is 13.2. The lowest BCUT2D eigenvalue weighted by atomic mass is 9.87. The summed E-state index contributed by atoms with van der Waals surface area (Å²) in [6.07, 6.45) is 0. The summed E-state index contributed by atoms with van der Waals surface area (Å²) in [4.78, 5) is 24.5. The Labute approximate surface area is 105 Å². The molecular weight excluding hydrogens is 238 g/mol. The van der Waals surface area contributed by atoms with Gasteiger partial charge in [0.15, 0.2) is 0 Å². The van der Waals surface area contributed by atoms with Gasteiger partial charge in [-0.3, -0.25) is 4.79 Å². The van der Waals surface area contributed by atoms with Crippen molar-refractivity contribution in [1.29, 1.82) is 0 Å². The summed E-state index contributed by atoms with van der Waals surface area (Å²) in [6, 6.07) is 2.65. The van der Waals surface area contributed by atoms with Crippen LogP contribution in [-0.4, -0.2) is 23.0 Å². The minimum Gasteiger partial charge on any atom is -0.480 e. The second kappa shape index (κ2) is 4.87. The van der Waals surface area contributed by atoms with Gasteiger partial charge in [-0.1, -0.05) is 20.8 Å². The van der Waals surface area contributed by atoms with Crippen molar-refractivity contribution in [2.75, 3.05) is 0 Å². The summed E-state index contributed by atoms with van der Waals surface area (Å²) < 4.78 is 0. The third kappa shape index (κ3) is 3.56. The van der Waals surface area contributed by atoms with E-state index in [1.165, 1.54) is 11.3 Å². The van der Waals surface area contributed by atoms with Crippen molar-refractivity contribution in [3.8, 4) is 0 Å². The van der Waals surface area contributed by atoms with Gasteiger partial charge in [-0.15, -0.1) is 11.3 Å². The van der Waals surface area contributed by atoms with E-state index in [0.717, 1.165) is 4.88 Å². The molecule has 17 heavy (non-hydrogen) atoms. The molecule has 0 aliphatic carbocycles. The van der Waals surface area contributed by atoms with Crippen molar-refractivity contribution >= 4 is 23.2 Å². The van der Waals surface area contributed by atoms with Crippen LogP contribution in [0.15, 0.2) is 12.1 Å². The molecular formula is C12H17NO3S. The fraction of sp³-hybridized carbons (Fsp3) is 0.500. The Morgan fingerprint density at radius 2 is 1.94 bits per heavy atom. The molecule has 1 aromatic rings. The van der Waals surface area contributed by atoms with E-state index in [0.29, 0.717) is 4.88 Å². The number of nitrogens with one attached hydrogen (secondary N) is 1. The Morgan fingerprint density at radius 3 is 2.29 bits per heavy atom. The van der Waals surface area contributed by atoms with Crippen LogP contribution in [0.1, 0.15) is 35.3 Å². The molecule has 2 N–H and O–H groups in total. The molecule has 0 aromatic carbocycles. The number of carbonyl (C=O) groups excluding carboxylic acids is 1. The molecule has 1 amide bonds. The van der Waals surface area contributed by atoms with Crippen molar-refractivity contribution < 1.29 is 14.7 Å². The van der Waals surface area contributed by atoms with Gasteiger partial charge in [0.1, 0.15) is 6.04 Å². The third-order valence-corrected chi connectivity index (χ3v) is 3.35. The number of aliphatic carboxylic acids is 1. The molecule has 0 bridgehead atoms. The molecule has 0 aliphatic rings. The quantitative estimate of drug-likeness (QED) is 0.870. The van der Waals surface area contributed by atoms with Gasteiger partial charge in [-0.2, -0.15) is 0 Å². The van der Waals surface area contributed by atoms with Crippen LogP contribution in [0.25, 0.3) is 0 Å². The third-order valence-electron chi connectivity index (χ3n) is 2.35. The predicted octanol–water partition coefficient (Wildman–Crippen LogP) is 2.29. The molecule has 0 radical (unpaired) electrons. The molecule has 0 aliphatic heterocycles. The number of aryl methyl sites for hydroxylation is 1. The van der Waals surface area contributed by atoms with Gasteiger partial charge in [0, 0.05) is 4.88 Å². The SMILES string of the molecule is Cc1ccc(C(=O)NC(C(=O)O)C(C)(C)C)s1. The van der Waals surface area contributed by atoms with Crippen molar-refractivity contribution in [2.45, 2.75) is 33.7 Å². The molecule has 0 spiro atoms. The summed E-state index contributed by atoms with van der Waals surface area (Å²) in [7, 11) is 0. The van der Waals surface area contributed by atoms with Gasteiger partial charge in [-0.05, 0) is 24.5 Å². The summed E-state index contributed by atoms with van der Waals surface area (Å²) in [6.45, 7) is 7.25. The zero-order valence-electron chi connectivity index (χ0n) is 10.4. The fourth-order valence-electron chi connectivity index (χ4n) is 1.41. The number of carboxylic acid groups (broad SMARTS) is 1. The first kappa shape index (κ1) is 13.7. The van der Waals surface area contributed by atoms with Crippen LogP contribution in [0, 0.1) is 12.3 Å². The second-order valence-electron chi connectivity index (χ2n) is 5.02. The van der Waals surface area contributed by atoms with Crippen molar-refractivity contribution in [2.24, 2.45) is 5.41 Å². The summed E-state index contributed by atoms with van der Waals surface area (Å²) >= 11 is 1.36. The summed E-state index contributed by atoms with van der Waals surface area (Å²) in [5.74, 6) is -1.34. The molecule has 0 saturated heterocycles. The van der Waals surface area contributed by atoms with E-state index in [4.69, 9.17) is 5.11 Å². The maximum Gasteiger partial charge on any atom is 0.326 e. The monoisotopic (exact) mass is 255 g/mol. The smallest absolute Gasteiger partial charge is 0.326 e. The predicted molar refractivity (Wildman–Crippen MR) is 67.4 cm³/mol. The second-order valence-corrected chi connectivity index (χ2v) is 6.31. The largest absolute Gasteiger partial charge is 0.480 e. The van der Waals surface area contributed by atoms with E-state index in [9.17, 15) is 9.59 Å². The first-order valence-corrected chi connectivity index (χ1v) is 6.13. The maximum atomic E-state index is 11.9. The van der Waals surface area contributed by atoms with E-state index in [2.05, 4.69) is 5.32 Å². The highest BCUT2D eigenvalue weighted by atomic mass is 32.1. The molecule has 1 unspecified atom stereocenters. The summed E-state index contributed by atoms with van der Waals surface area (Å²) in [5.41, 5.74) is -0.520.